The SMILES string of the molecule is C=CCC(CC)c1ccc(OCCC)c(OC)c1. The first-order chi connectivity index (χ1) is 8.76. The van der Waals surface area contributed by atoms with Crippen LogP contribution in [0.1, 0.15) is 44.6 Å². The Balaban J connectivity index is 2.92. The molecule has 1 aromatic carbocycles. The third-order valence-corrected chi connectivity index (χ3v) is 3.06. The van der Waals surface area contributed by atoms with Crippen LogP contribution < -0.4 is 9.47 Å². The zero-order chi connectivity index (χ0) is 13.4. The molecule has 0 aliphatic rings. The second-order valence-corrected chi connectivity index (χ2v) is 4.39. The fourth-order valence-electron chi connectivity index (χ4n) is 2.01. The summed E-state index contributed by atoms with van der Waals surface area (Å²) in [6.45, 7) is 8.83. The van der Waals surface area contributed by atoms with Gasteiger partial charge in [-0.3, -0.25) is 0 Å². The first-order valence-corrected chi connectivity index (χ1v) is 6.68. The summed E-state index contributed by atoms with van der Waals surface area (Å²) < 4.78 is 11.1. The maximum absolute atomic E-state index is 5.66. The van der Waals surface area contributed by atoms with Gasteiger partial charge in [0.05, 0.1) is 13.7 Å². The van der Waals surface area contributed by atoms with E-state index in [-0.39, 0.29) is 0 Å². The van der Waals surface area contributed by atoms with Crippen LogP contribution in [0.15, 0.2) is 30.9 Å². The zero-order valence-corrected chi connectivity index (χ0v) is 11.7. The van der Waals surface area contributed by atoms with Crippen molar-refractivity contribution in [1.82, 2.24) is 0 Å². The predicted molar refractivity (Wildman–Crippen MR) is 76.6 cm³/mol. The lowest BCUT2D eigenvalue weighted by Crippen LogP contribution is -2.01. The van der Waals surface area contributed by atoms with Crippen molar-refractivity contribution in [2.24, 2.45) is 0 Å². The maximum Gasteiger partial charge on any atom is 0.161 e. The molecular weight excluding hydrogens is 224 g/mol. The van der Waals surface area contributed by atoms with Gasteiger partial charge in [0, 0.05) is 0 Å². The summed E-state index contributed by atoms with van der Waals surface area (Å²) in [5, 5.41) is 0. The highest BCUT2D eigenvalue weighted by molar-refractivity contribution is 5.44. The average molecular weight is 248 g/mol. The molecule has 2 nitrogen and oxygen atoms in total. The molecule has 0 fully saturated rings. The number of ether oxygens (including phenoxy) is 2. The van der Waals surface area contributed by atoms with Crippen LogP contribution in [0.2, 0.25) is 0 Å². The fourth-order valence-corrected chi connectivity index (χ4v) is 2.01. The highest BCUT2D eigenvalue weighted by Crippen LogP contribution is 2.33. The molecule has 0 saturated heterocycles. The molecule has 1 aromatic rings. The summed E-state index contributed by atoms with van der Waals surface area (Å²) in [6.07, 6.45) is 5.07. The van der Waals surface area contributed by atoms with Crippen molar-refractivity contribution < 1.29 is 9.47 Å². The molecular formula is C16H24O2. The van der Waals surface area contributed by atoms with E-state index >= 15 is 0 Å². The quantitative estimate of drug-likeness (QED) is 0.628. The number of methoxy groups -OCH3 is 1. The number of allylic oxidation sites excluding steroid dienone is 1. The summed E-state index contributed by atoms with van der Waals surface area (Å²) >= 11 is 0. The molecule has 0 heterocycles. The van der Waals surface area contributed by atoms with Crippen molar-refractivity contribution in [2.75, 3.05) is 13.7 Å². The van der Waals surface area contributed by atoms with E-state index in [0.717, 1.165) is 37.4 Å². The highest BCUT2D eigenvalue weighted by Gasteiger charge is 2.11. The van der Waals surface area contributed by atoms with Gasteiger partial charge < -0.3 is 9.47 Å². The van der Waals surface area contributed by atoms with Gasteiger partial charge in [-0.1, -0.05) is 26.0 Å². The van der Waals surface area contributed by atoms with Crippen LogP contribution in [0, 0.1) is 0 Å². The van der Waals surface area contributed by atoms with E-state index < -0.39 is 0 Å². The molecule has 0 bridgehead atoms. The lowest BCUT2D eigenvalue weighted by molar-refractivity contribution is 0.294. The van der Waals surface area contributed by atoms with E-state index in [4.69, 9.17) is 9.47 Å². The third-order valence-electron chi connectivity index (χ3n) is 3.06. The Labute approximate surface area is 111 Å². The van der Waals surface area contributed by atoms with E-state index in [9.17, 15) is 0 Å². The molecule has 100 valence electrons. The van der Waals surface area contributed by atoms with Crippen LogP contribution in [-0.4, -0.2) is 13.7 Å². The standard InChI is InChI=1S/C16H24O2/c1-5-8-13(7-3)14-9-10-15(18-11-6-2)16(12-14)17-4/h5,9-10,12-13H,1,6-8,11H2,2-4H3. The molecule has 2 heteroatoms. The van der Waals surface area contributed by atoms with E-state index in [2.05, 4.69) is 32.6 Å². The van der Waals surface area contributed by atoms with E-state index in [1.54, 1.807) is 7.11 Å². The minimum absolute atomic E-state index is 0.511. The number of hydrogen-bond acceptors (Lipinski definition) is 2. The number of hydrogen-bond donors (Lipinski definition) is 0. The van der Waals surface area contributed by atoms with Crippen molar-refractivity contribution in [3.05, 3.63) is 36.4 Å². The Kier molecular flexibility index (Phi) is 6.34. The Morgan fingerprint density at radius 3 is 2.61 bits per heavy atom. The number of rotatable bonds is 8. The molecule has 0 aliphatic carbocycles. The van der Waals surface area contributed by atoms with Crippen LogP contribution >= 0.6 is 0 Å². The van der Waals surface area contributed by atoms with E-state index in [0.29, 0.717) is 5.92 Å². The van der Waals surface area contributed by atoms with Crippen molar-refractivity contribution in [3.8, 4) is 11.5 Å². The summed E-state index contributed by atoms with van der Waals surface area (Å²) in [5.41, 5.74) is 1.29. The van der Waals surface area contributed by atoms with Crippen molar-refractivity contribution in [1.29, 1.82) is 0 Å². The lowest BCUT2D eigenvalue weighted by Gasteiger charge is -2.16. The monoisotopic (exact) mass is 248 g/mol. The molecule has 1 atom stereocenters. The van der Waals surface area contributed by atoms with E-state index in [1.165, 1.54) is 5.56 Å². The van der Waals surface area contributed by atoms with Gasteiger partial charge in [-0.15, -0.1) is 6.58 Å². The predicted octanol–water partition coefficient (Wildman–Crippen LogP) is 4.55. The smallest absolute Gasteiger partial charge is 0.161 e. The Bertz CT molecular complexity index is 371. The van der Waals surface area contributed by atoms with Gasteiger partial charge in [-0.2, -0.15) is 0 Å². The van der Waals surface area contributed by atoms with Gasteiger partial charge in [0.25, 0.3) is 0 Å². The van der Waals surface area contributed by atoms with Gasteiger partial charge in [-0.25, -0.2) is 0 Å². The van der Waals surface area contributed by atoms with Crippen molar-refractivity contribution >= 4 is 0 Å². The molecule has 0 aliphatic heterocycles. The first-order valence-electron chi connectivity index (χ1n) is 6.68. The minimum Gasteiger partial charge on any atom is -0.493 e. The first kappa shape index (κ1) is 14.6. The van der Waals surface area contributed by atoms with Gasteiger partial charge in [0.2, 0.25) is 0 Å². The van der Waals surface area contributed by atoms with Crippen molar-refractivity contribution in [2.45, 2.75) is 39.0 Å². The Morgan fingerprint density at radius 2 is 2.06 bits per heavy atom. The normalized spacial score (nSPS) is 11.9. The topological polar surface area (TPSA) is 18.5 Å². The van der Waals surface area contributed by atoms with Gasteiger partial charge >= 0.3 is 0 Å². The van der Waals surface area contributed by atoms with Crippen molar-refractivity contribution in [3.63, 3.8) is 0 Å². The second kappa shape index (κ2) is 7.80. The summed E-state index contributed by atoms with van der Waals surface area (Å²) in [4.78, 5) is 0. The Hall–Kier alpha value is -1.44. The fraction of sp³-hybridized carbons (Fsp3) is 0.500. The molecule has 1 rings (SSSR count). The minimum atomic E-state index is 0.511. The summed E-state index contributed by atoms with van der Waals surface area (Å²) in [6, 6.07) is 6.23. The zero-order valence-electron chi connectivity index (χ0n) is 11.7. The van der Waals surface area contributed by atoms with Gasteiger partial charge in [0.1, 0.15) is 0 Å². The van der Waals surface area contributed by atoms with Crippen LogP contribution in [0.25, 0.3) is 0 Å². The summed E-state index contributed by atoms with van der Waals surface area (Å²) in [7, 11) is 1.69. The molecule has 1 unspecified atom stereocenters. The summed E-state index contributed by atoms with van der Waals surface area (Å²) in [5.74, 6) is 2.16. The van der Waals surface area contributed by atoms with Crippen LogP contribution in [-0.2, 0) is 0 Å². The largest absolute Gasteiger partial charge is 0.493 e. The molecule has 18 heavy (non-hydrogen) atoms. The lowest BCUT2D eigenvalue weighted by atomic mass is 9.93. The van der Waals surface area contributed by atoms with Gasteiger partial charge in [0.15, 0.2) is 11.5 Å². The second-order valence-electron chi connectivity index (χ2n) is 4.39. The molecule has 0 amide bonds. The molecule has 0 radical (unpaired) electrons. The maximum atomic E-state index is 5.66. The average Bonchev–Trinajstić information content (AvgIpc) is 2.42. The molecule has 0 saturated carbocycles. The van der Waals surface area contributed by atoms with Crippen LogP contribution in [0.4, 0.5) is 0 Å². The highest BCUT2D eigenvalue weighted by atomic mass is 16.5. The third kappa shape index (κ3) is 3.80. The molecule has 0 aromatic heterocycles. The molecule has 0 spiro atoms. The molecule has 0 N–H and O–H groups in total. The van der Waals surface area contributed by atoms with Crippen LogP contribution in [0.5, 0.6) is 11.5 Å². The van der Waals surface area contributed by atoms with E-state index in [1.807, 2.05) is 12.1 Å². The van der Waals surface area contributed by atoms with Crippen LogP contribution in [0.3, 0.4) is 0 Å². The Morgan fingerprint density at radius 1 is 1.28 bits per heavy atom. The van der Waals surface area contributed by atoms with Gasteiger partial charge in [-0.05, 0) is 42.9 Å². The number of benzene rings is 1.